The zero-order valence-electron chi connectivity index (χ0n) is 10.3. The van der Waals surface area contributed by atoms with E-state index in [4.69, 9.17) is 16.7 Å². The Hall–Kier alpha value is -1.18. The summed E-state index contributed by atoms with van der Waals surface area (Å²) in [5.41, 5.74) is 0. The average Bonchev–Trinajstić information content (AvgIpc) is 2.32. The molecule has 1 atom stereocenters. The van der Waals surface area contributed by atoms with E-state index in [1.807, 2.05) is 0 Å². The molecule has 0 bridgehead atoms. The summed E-state index contributed by atoms with van der Waals surface area (Å²) in [5.74, 6) is -2.04. The minimum atomic E-state index is -4.17. The summed E-state index contributed by atoms with van der Waals surface area (Å²) >= 11 is 5.73. The van der Waals surface area contributed by atoms with E-state index in [9.17, 15) is 17.6 Å². The van der Waals surface area contributed by atoms with E-state index in [0.29, 0.717) is 4.31 Å². The summed E-state index contributed by atoms with van der Waals surface area (Å²) in [4.78, 5) is 10.5. The maximum atomic E-state index is 13.1. The third kappa shape index (κ3) is 3.23. The molecule has 1 rings (SSSR count). The first-order valence-corrected chi connectivity index (χ1v) is 7.19. The van der Waals surface area contributed by atoms with E-state index in [1.165, 1.54) is 6.92 Å². The molecule has 5 nitrogen and oxygen atoms in total. The summed E-state index contributed by atoms with van der Waals surface area (Å²) in [6, 6.07) is 1.67. The van der Waals surface area contributed by atoms with E-state index in [2.05, 4.69) is 0 Å². The highest BCUT2D eigenvalue weighted by Crippen LogP contribution is 2.26. The number of rotatable bonds is 5. The number of carboxylic acids is 1. The lowest BCUT2D eigenvalue weighted by Gasteiger charge is -2.23. The van der Waals surface area contributed by atoms with E-state index in [-0.39, 0.29) is 11.4 Å². The van der Waals surface area contributed by atoms with Gasteiger partial charge in [0.15, 0.2) is 0 Å². The van der Waals surface area contributed by atoms with Crippen molar-refractivity contribution >= 4 is 27.6 Å². The quantitative estimate of drug-likeness (QED) is 0.902. The van der Waals surface area contributed by atoms with Crippen molar-refractivity contribution in [3.63, 3.8) is 0 Å². The number of carbonyl (C=O) groups is 1. The molecule has 0 aromatic heterocycles. The molecule has 106 valence electrons. The Morgan fingerprint density at radius 2 is 2.11 bits per heavy atom. The Morgan fingerprint density at radius 1 is 1.53 bits per heavy atom. The lowest BCUT2D eigenvalue weighted by molar-refractivity contribution is -0.141. The van der Waals surface area contributed by atoms with Crippen LogP contribution < -0.4 is 0 Å². The van der Waals surface area contributed by atoms with Gasteiger partial charge in [-0.2, -0.15) is 4.31 Å². The summed E-state index contributed by atoms with van der Waals surface area (Å²) in [6.07, 6.45) is 0.0813. The Morgan fingerprint density at radius 3 is 2.58 bits per heavy atom. The van der Waals surface area contributed by atoms with Crippen molar-refractivity contribution in [3.8, 4) is 0 Å². The van der Waals surface area contributed by atoms with Crippen molar-refractivity contribution in [1.82, 2.24) is 4.31 Å². The van der Waals surface area contributed by atoms with Gasteiger partial charge in [-0.05, 0) is 24.6 Å². The van der Waals surface area contributed by atoms with Crippen LogP contribution in [0.25, 0.3) is 0 Å². The van der Waals surface area contributed by atoms with Crippen LogP contribution in [0.2, 0.25) is 5.02 Å². The van der Waals surface area contributed by atoms with Crippen LogP contribution in [-0.2, 0) is 14.8 Å². The second kappa shape index (κ2) is 5.85. The highest BCUT2D eigenvalue weighted by atomic mass is 35.5. The van der Waals surface area contributed by atoms with Crippen molar-refractivity contribution in [2.75, 3.05) is 7.05 Å². The van der Waals surface area contributed by atoms with Gasteiger partial charge >= 0.3 is 5.97 Å². The number of hydrogen-bond acceptors (Lipinski definition) is 3. The SMILES string of the molecule is CCC(C(=O)O)N(C)S(=O)(=O)c1cc(F)ccc1Cl. The molecule has 0 spiro atoms. The van der Waals surface area contributed by atoms with Gasteiger partial charge in [-0.15, -0.1) is 0 Å². The molecule has 8 heteroatoms. The first-order chi connectivity index (χ1) is 8.71. The number of carboxylic acid groups (broad SMARTS) is 1. The summed E-state index contributed by atoms with van der Waals surface area (Å²) in [7, 11) is -3.04. The first-order valence-electron chi connectivity index (χ1n) is 5.37. The van der Waals surface area contributed by atoms with Crippen LogP contribution in [-0.4, -0.2) is 36.9 Å². The van der Waals surface area contributed by atoms with Crippen molar-refractivity contribution in [3.05, 3.63) is 29.0 Å². The summed E-state index contributed by atoms with van der Waals surface area (Å²) in [5, 5.41) is 8.81. The van der Waals surface area contributed by atoms with Crippen molar-refractivity contribution in [2.45, 2.75) is 24.3 Å². The number of benzene rings is 1. The second-order valence-electron chi connectivity index (χ2n) is 3.86. The van der Waals surface area contributed by atoms with Crippen molar-refractivity contribution < 1.29 is 22.7 Å². The van der Waals surface area contributed by atoms with Gasteiger partial charge < -0.3 is 5.11 Å². The molecular weight excluding hydrogens is 297 g/mol. The molecule has 0 aliphatic rings. The molecule has 1 N–H and O–H groups in total. The van der Waals surface area contributed by atoms with Gasteiger partial charge in [-0.1, -0.05) is 18.5 Å². The third-order valence-corrected chi connectivity index (χ3v) is 5.01. The van der Waals surface area contributed by atoms with Gasteiger partial charge in [-0.25, -0.2) is 12.8 Å². The molecule has 1 aromatic rings. The highest BCUT2D eigenvalue weighted by Gasteiger charge is 2.33. The number of likely N-dealkylation sites (N-methyl/N-ethyl adjacent to an activating group) is 1. The highest BCUT2D eigenvalue weighted by molar-refractivity contribution is 7.89. The number of aliphatic carboxylic acids is 1. The fourth-order valence-electron chi connectivity index (χ4n) is 1.58. The standard InChI is InChI=1S/C11H13ClFNO4S/c1-3-9(11(15)16)14(2)19(17,18)10-6-7(13)4-5-8(10)12/h4-6,9H,3H2,1-2H3,(H,15,16). The fourth-order valence-corrected chi connectivity index (χ4v) is 3.46. The number of halogens is 2. The Kier molecular flexibility index (Phi) is 4.89. The third-order valence-electron chi connectivity index (χ3n) is 2.66. The van der Waals surface area contributed by atoms with Crippen molar-refractivity contribution in [1.29, 1.82) is 0 Å². The van der Waals surface area contributed by atoms with Crippen LogP contribution in [0.5, 0.6) is 0 Å². The van der Waals surface area contributed by atoms with Crippen LogP contribution in [0.3, 0.4) is 0 Å². The molecule has 1 aromatic carbocycles. The number of nitrogens with zero attached hydrogens (tertiary/aromatic N) is 1. The van der Waals surface area contributed by atoms with E-state index in [0.717, 1.165) is 25.2 Å². The summed E-state index contributed by atoms with van der Waals surface area (Å²) < 4.78 is 38.2. The van der Waals surface area contributed by atoms with Crippen LogP contribution in [0.1, 0.15) is 13.3 Å². The monoisotopic (exact) mass is 309 g/mol. The Balaban J connectivity index is 3.31. The molecule has 19 heavy (non-hydrogen) atoms. The molecule has 0 radical (unpaired) electrons. The number of hydrogen-bond donors (Lipinski definition) is 1. The fraction of sp³-hybridized carbons (Fsp3) is 0.364. The van der Waals surface area contributed by atoms with E-state index < -0.39 is 32.7 Å². The van der Waals surface area contributed by atoms with Gasteiger partial charge in [0, 0.05) is 7.05 Å². The first kappa shape index (κ1) is 15.9. The van der Waals surface area contributed by atoms with Crippen molar-refractivity contribution in [2.24, 2.45) is 0 Å². The zero-order chi connectivity index (χ0) is 14.8. The molecule has 0 saturated carbocycles. The minimum Gasteiger partial charge on any atom is -0.480 e. The van der Waals surface area contributed by atoms with Gasteiger partial charge in [0.05, 0.1) is 5.02 Å². The molecule has 0 saturated heterocycles. The minimum absolute atomic E-state index is 0.0813. The van der Waals surface area contributed by atoms with E-state index >= 15 is 0 Å². The predicted molar refractivity (Wildman–Crippen MR) is 68.1 cm³/mol. The molecule has 0 fully saturated rings. The zero-order valence-corrected chi connectivity index (χ0v) is 11.9. The van der Waals surface area contributed by atoms with Crippen LogP contribution in [0, 0.1) is 5.82 Å². The average molecular weight is 310 g/mol. The van der Waals surface area contributed by atoms with Gasteiger partial charge in [-0.3, -0.25) is 4.79 Å². The summed E-state index contributed by atoms with van der Waals surface area (Å²) in [6.45, 7) is 1.54. The molecule has 0 heterocycles. The largest absolute Gasteiger partial charge is 0.480 e. The van der Waals surface area contributed by atoms with Gasteiger partial charge in [0.1, 0.15) is 16.8 Å². The normalized spacial score (nSPS) is 13.5. The van der Waals surface area contributed by atoms with Crippen LogP contribution >= 0.6 is 11.6 Å². The van der Waals surface area contributed by atoms with E-state index in [1.54, 1.807) is 0 Å². The molecular formula is C11H13ClFNO4S. The number of sulfonamides is 1. The molecule has 1 unspecified atom stereocenters. The second-order valence-corrected chi connectivity index (χ2v) is 6.23. The lowest BCUT2D eigenvalue weighted by Crippen LogP contribution is -2.42. The topological polar surface area (TPSA) is 74.7 Å². The maximum absolute atomic E-state index is 13.1. The maximum Gasteiger partial charge on any atom is 0.321 e. The van der Waals surface area contributed by atoms with Crippen LogP contribution in [0.4, 0.5) is 4.39 Å². The van der Waals surface area contributed by atoms with Crippen LogP contribution in [0.15, 0.2) is 23.1 Å². The Labute approximate surface area is 115 Å². The van der Waals surface area contributed by atoms with Gasteiger partial charge in [0.25, 0.3) is 0 Å². The predicted octanol–water partition coefficient (Wildman–Crippen LogP) is 1.96. The Bertz CT molecular complexity index is 590. The molecule has 0 amide bonds. The molecule has 0 aliphatic carbocycles. The lowest BCUT2D eigenvalue weighted by atomic mass is 10.2. The smallest absolute Gasteiger partial charge is 0.321 e. The molecule has 0 aliphatic heterocycles. The van der Waals surface area contributed by atoms with Gasteiger partial charge in [0.2, 0.25) is 10.0 Å².